The van der Waals surface area contributed by atoms with Crippen LogP contribution in [-0.4, -0.2) is 27.0 Å². The topological polar surface area (TPSA) is 40.5 Å². The molecular weight excluding hydrogens is 204 g/mol. The molecule has 2 N–H and O–H groups in total. The minimum atomic E-state index is -1.28. The summed E-state index contributed by atoms with van der Waals surface area (Å²) in [6.45, 7) is 6.16. The molecule has 0 spiro atoms. The monoisotopic (exact) mass is 224 g/mol. The molecule has 0 bridgehead atoms. The number of aliphatic hydroxyl groups excluding tert-OH is 1. The third-order valence-electron chi connectivity index (χ3n) is 2.54. The van der Waals surface area contributed by atoms with E-state index in [9.17, 15) is 0 Å². The van der Waals surface area contributed by atoms with Gasteiger partial charge in [0.15, 0.2) is 6.29 Å². The predicted molar refractivity (Wildman–Crippen MR) is 62.5 cm³/mol. The van der Waals surface area contributed by atoms with E-state index in [4.69, 9.17) is 10.2 Å². The van der Waals surface area contributed by atoms with E-state index in [-0.39, 0.29) is 22.3 Å². The molecule has 80 valence electrons. The van der Waals surface area contributed by atoms with Crippen LogP contribution in [-0.2, 0) is 0 Å². The first-order chi connectivity index (χ1) is 5.82. The van der Waals surface area contributed by atoms with Gasteiger partial charge in [0.25, 0.3) is 0 Å². The van der Waals surface area contributed by atoms with E-state index in [1.165, 1.54) is 0 Å². The lowest BCUT2D eigenvalue weighted by atomic mass is 9.82. The van der Waals surface area contributed by atoms with Crippen molar-refractivity contribution in [1.82, 2.24) is 0 Å². The van der Waals surface area contributed by atoms with Gasteiger partial charge in [0, 0.05) is 16.9 Å². The summed E-state index contributed by atoms with van der Waals surface area (Å²) < 4.78 is 0. The molecule has 0 fully saturated rings. The largest absolute Gasteiger partial charge is 0.368 e. The molecule has 4 heteroatoms. The van der Waals surface area contributed by atoms with Gasteiger partial charge in [0.1, 0.15) is 0 Å². The van der Waals surface area contributed by atoms with Crippen molar-refractivity contribution >= 4 is 25.3 Å². The van der Waals surface area contributed by atoms with Crippen LogP contribution in [0.1, 0.15) is 33.6 Å². The average Bonchev–Trinajstić information content (AvgIpc) is 2.01. The van der Waals surface area contributed by atoms with Crippen molar-refractivity contribution in [2.24, 2.45) is 5.41 Å². The van der Waals surface area contributed by atoms with E-state index < -0.39 is 6.29 Å². The fourth-order valence-electron chi connectivity index (χ4n) is 1.25. The van der Waals surface area contributed by atoms with Crippen molar-refractivity contribution in [1.29, 1.82) is 0 Å². The fraction of sp³-hybridized carbons (Fsp3) is 1.00. The van der Waals surface area contributed by atoms with E-state index in [0.29, 0.717) is 0 Å². The molecule has 0 rings (SSSR count). The van der Waals surface area contributed by atoms with Crippen molar-refractivity contribution in [3.05, 3.63) is 0 Å². The molecule has 0 aliphatic carbocycles. The van der Waals surface area contributed by atoms with E-state index >= 15 is 0 Å². The number of thiol groups is 2. The molecule has 0 heterocycles. The Morgan fingerprint density at radius 3 is 1.92 bits per heavy atom. The van der Waals surface area contributed by atoms with Gasteiger partial charge in [0.05, 0.1) is 0 Å². The van der Waals surface area contributed by atoms with Gasteiger partial charge in [-0.15, -0.1) is 0 Å². The summed E-state index contributed by atoms with van der Waals surface area (Å²) in [6, 6.07) is 0. The molecule has 0 aromatic rings. The highest BCUT2D eigenvalue weighted by Crippen LogP contribution is 2.36. The molecule has 0 aliphatic heterocycles. The van der Waals surface area contributed by atoms with Gasteiger partial charge in [-0.3, -0.25) is 0 Å². The van der Waals surface area contributed by atoms with Crippen LogP contribution in [0, 0.1) is 5.41 Å². The summed E-state index contributed by atoms with van der Waals surface area (Å²) >= 11 is 8.83. The average molecular weight is 224 g/mol. The quantitative estimate of drug-likeness (QED) is 0.424. The number of rotatable bonds is 5. The van der Waals surface area contributed by atoms with Crippen molar-refractivity contribution < 1.29 is 10.2 Å². The fourth-order valence-corrected chi connectivity index (χ4v) is 1.92. The maximum Gasteiger partial charge on any atom is 0.152 e. The summed E-state index contributed by atoms with van der Waals surface area (Å²) in [5.41, 5.74) is -0.0926. The van der Waals surface area contributed by atoms with Crippen LogP contribution < -0.4 is 0 Å². The molecule has 0 saturated heterocycles. The van der Waals surface area contributed by atoms with Crippen LogP contribution in [0.5, 0.6) is 0 Å². The van der Waals surface area contributed by atoms with Gasteiger partial charge in [-0.25, -0.2) is 0 Å². The molecule has 0 aliphatic rings. The Balaban J connectivity index is 4.25. The Morgan fingerprint density at radius 1 is 1.15 bits per heavy atom. The number of aliphatic hydroxyl groups is 2. The zero-order chi connectivity index (χ0) is 10.6. The third kappa shape index (κ3) is 4.11. The Labute approximate surface area is 91.6 Å². The van der Waals surface area contributed by atoms with Crippen LogP contribution in [0.15, 0.2) is 0 Å². The van der Waals surface area contributed by atoms with Crippen molar-refractivity contribution in [2.45, 2.75) is 50.4 Å². The van der Waals surface area contributed by atoms with Gasteiger partial charge >= 0.3 is 0 Å². The van der Waals surface area contributed by atoms with Gasteiger partial charge in [-0.1, -0.05) is 20.8 Å². The second-order valence-electron chi connectivity index (χ2n) is 3.98. The highest BCUT2D eigenvalue weighted by molar-refractivity contribution is 7.82. The molecule has 0 aromatic carbocycles. The standard InChI is InChI=1S/C9H20O2S2/c1-4-6(12)9(2,3)7(13)5-8(10)11/h6-8,10-13H,4-5H2,1-3H3. The Bertz CT molecular complexity index is 149. The lowest BCUT2D eigenvalue weighted by Gasteiger charge is -2.36. The second-order valence-corrected chi connectivity index (χ2v) is 5.22. The molecule has 13 heavy (non-hydrogen) atoms. The summed E-state index contributed by atoms with van der Waals surface area (Å²) in [5, 5.41) is 17.8. The van der Waals surface area contributed by atoms with E-state index in [2.05, 4.69) is 32.2 Å². The van der Waals surface area contributed by atoms with E-state index in [0.717, 1.165) is 6.42 Å². The van der Waals surface area contributed by atoms with Crippen molar-refractivity contribution in [3.63, 3.8) is 0 Å². The molecule has 0 radical (unpaired) electrons. The van der Waals surface area contributed by atoms with E-state index in [1.807, 2.05) is 13.8 Å². The highest BCUT2D eigenvalue weighted by atomic mass is 32.1. The number of hydrogen-bond acceptors (Lipinski definition) is 4. The first-order valence-electron chi connectivity index (χ1n) is 4.54. The molecule has 2 nitrogen and oxygen atoms in total. The van der Waals surface area contributed by atoms with Crippen LogP contribution in [0.2, 0.25) is 0 Å². The van der Waals surface area contributed by atoms with Gasteiger partial charge in [-0.2, -0.15) is 25.3 Å². The maximum absolute atomic E-state index is 8.82. The summed E-state index contributed by atoms with van der Waals surface area (Å²) in [5.74, 6) is 0. The summed E-state index contributed by atoms with van der Waals surface area (Å²) in [7, 11) is 0. The predicted octanol–water partition coefficient (Wildman–Crippen LogP) is 1.72. The smallest absolute Gasteiger partial charge is 0.152 e. The SMILES string of the molecule is CCC(S)C(C)(C)C(S)CC(O)O. The molecule has 0 saturated carbocycles. The molecule has 0 aromatic heterocycles. The van der Waals surface area contributed by atoms with Gasteiger partial charge in [-0.05, 0) is 11.8 Å². The van der Waals surface area contributed by atoms with Crippen LogP contribution in [0.4, 0.5) is 0 Å². The van der Waals surface area contributed by atoms with Crippen LogP contribution in [0.3, 0.4) is 0 Å². The van der Waals surface area contributed by atoms with Crippen LogP contribution >= 0.6 is 25.3 Å². The second kappa shape index (κ2) is 5.49. The highest BCUT2D eigenvalue weighted by Gasteiger charge is 2.33. The molecule has 2 unspecified atom stereocenters. The number of hydrogen-bond donors (Lipinski definition) is 4. The summed E-state index contributed by atoms with van der Waals surface area (Å²) in [4.78, 5) is 0. The van der Waals surface area contributed by atoms with Crippen molar-refractivity contribution in [3.8, 4) is 0 Å². The zero-order valence-corrected chi connectivity index (χ0v) is 10.2. The zero-order valence-electron chi connectivity index (χ0n) is 8.44. The lowest BCUT2D eigenvalue weighted by Crippen LogP contribution is -2.36. The minimum Gasteiger partial charge on any atom is -0.368 e. The minimum absolute atomic E-state index is 0.0463. The lowest BCUT2D eigenvalue weighted by molar-refractivity contribution is -0.0502. The van der Waals surface area contributed by atoms with Gasteiger partial charge in [0.2, 0.25) is 0 Å². The Morgan fingerprint density at radius 2 is 1.62 bits per heavy atom. The summed E-state index contributed by atoms with van der Waals surface area (Å²) in [6.07, 6.45) is -0.0406. The Hall–Kier alpha value is 0.620. The van der Waals surface area contributed by atoms with Crippen LogP contribution in [0.25, 0.3) is 0 Å². The van der Waals surface area contributed by atoms with E-state index in [1.54, 1.807) is 0 Å². The van der Waals surface area contributed by atoms with Crippen molar-refractivity contribution in [2.75, 3.05) is 0 Å². The first kappa shape index (κ1) is 13.6. The van der Waals surface area contributed by atoms with Gasteiger partial charge < -0.3 is 10.2 Å². The first-order valence-corrected chi connectivity index (χ1v) is 5.57. The maximum atomic E-state index is 8.82. The Kier molecular flexibility index (Phi) is 5.75. The normalized spacial score (nSPS) is 17.5. The molecule has 0 amide bonds. The third-order valence-corrected chi connectivity index (χ3v) is 4.45. The molecular formula is C9H20O2S2. The molecule has 2 atom stereocenters.